The van der Waals surface area contributed by atoms with Gasteiger partial charge >= 0.3 is 6.18 Å². The zero-order valence-corrected chi connectivity index (χ0v) is 11.6. The topological polar surface area (TPSA) is 12.4 Å². The highest BCUT2D eigenvalue weighted by Gasteiger charge is 2.32. The molecule has 21 heavy (non-hydrogen) atoms. The molecule has 0 aliphatic rings. The lowest BCUT2D eigenvalue weighted by atomic mass is 10.0. The quantitative estimate of drug-likeness (QED) is 0.708. The number of rotatable bonds is 4. The average Bonchev–Trinajstić information content (AvgIpc) is 2.47. The molecule has 110 valence electrons. The minimum Gasteiger partial charge on any atom is -0.292 e. The van der Waals surface area contributed by atoms with Crippen LogP contribution >= 0.6 is 0 Å². The Kier molecular flexibility index (Phi) is 4.78. The lowest BCUT2D eigenvalue weighted by molar-refractivity contribution is -0.137. The van der Waals surface area contributed by atoms with Gasteiger partial charge in [-0.2, -0.15) is 13.2 Å². The van der Waals surface area contributed by atoms with Crippen LogP contribution in [0.5, 0.6) is 0 Å². The van der Waals surface area contributed by atoms with Crippen molar-refractivity contribution in [2.24, 2.45) is 4.99 Å². The third kappa shape index (κ3) is 4.18. The van der Waals surface area contributed by atoms with E-state index in [-0.39, 0.29) is 11.5 Å². The van der Waals surface area contributed by atoms with Gasteiger partial charge in [-0.1, -0.05) is 55.5 Å². The number of benzene rings is 2. The SMILES string of the molecule is C[C@H](CN=Cc1ccccc1C(F)(F)F)c1ccccc1. The van der Waals surface area contributed by atoms with Gasteiger partial charge in [0.05, 0.1) is 5.56 Å². The zero-order valence-electron chi connectivity index (χ0n) is 11.6. The Morgan fingerprint density at radius 3 is 2.29 bits per heavy atom. The summed E-state index contributed by atoms with van der Waals surface area (Å²) in [7, 11) is 0. The first kappa shape index (κ1) is 15.3. The largest absolute Gasteiger partial charge is 0.417 e. The molecule has 0 heterocycles. The second-order valence-electron chi connectivity index (χ2n) is 4.89. The van der Waals surface area contributed by atoms with E-state index < -0.39 is 11.7 Å². The lowest BCUT2D eigenvalue weighted by Gasteiger charge is -2.10. The van der Waals surface area contributed by atoms with Gasteiger partial charge in [-0.05, 0) is 11.6 Å². The van der Waals surface area contributed by atoms with Gasteiger partial charge < -0.3 is 0 Å². The summed E-state index contributed by atoms with van der Waals surface area (Å²) < 4.78 is 38.5. The molecular weight excluding hydrogens is 275 g/mol. The van der Waals surface area contributed by atoms with E-state index in [2.05, 4.69) is 4.99 Å². The van der Waals surface area contributed by atoms with Gasteiger partial charge in [-0.3, -0.25) is 4.99 Å². The Labute approximate surface area is 122 Å². The van der Waals surface area contributed by atoms with Gasteiger partial charge in [0.25, 0.3) is 0 Å². The molecule has 0 N–H and O–H groups in total. The van der Waals surface area contributed by atoms with Crippen LogP contribution in [0.25, 0.3) is 0 Å². The van der Waals surface area contributed by atoms with Crippen LogP contribution in [0.4, 0.5) is 13.2 Å². The van der Waals surface area contributed by atoms with Crippen molar-refractivity contribution in [2.75, 3.05) is 6.54 Å². The summed E-state index contributed by atoms with van der Waals surface area (Å²) in [6.07, 6.45) is -3.05. The van der Waals surface area contributed by atoms with Gasteiger partial charge in [0.1, 0.15) is 0 Å². The van der Waals surface area contributed by atoms with Gasteiger partial charge in [-0.15, -0.1) is 0 Å². The van der Waals surface area contributed by atoms with Crippen LogP contribution in [0.3, 0.4) is 0 Å². The van der Waals surface area contributed by atoms with E-state index in [4.69, 9.17) is 0 Å². The summed E-state index contributed by atoms with van der Waals surface area (Å²) in [6, 6.07) is 15.3. The van der Waals surface area contributed by atoms with Crippen LogP contribution in [0.1, 0.15) is 29.5 Å². The molecule has 0 bridgehead atoms. The standard InChI is InChI=1S/C17H16F3N/c1-13(14-7-3-2-4-8-14)11-21-12-15-9-5-6-10-16(15)17(18,19)20/h2-10,12-13H,11H2,1H3/t13-/m1/s1. The van der Waals surface area contributed by atoms with Gasteiger partial charge in [0.2, 0.25) is 0 Å². The first-order valence-corrected chi connectivity index (χ1v) is 6.69. The number of hydrogen-bond acceptors (Lipinski definition) is 1. The fraction of sp³-hybridized carbons (Fsp3) is 0.235. The monoisotopic (exact) mass is 291 g/mol. The van der Waals surface area contributed by atoms with Crippen LogP contribution in [0.2, 0.25) is 0 Å². The maximum atomic E-state index is 12.8. The second kappa shape index (κ2) is 6.57. The number of nitrogens with zero attached hydrogens (tertiary/aromatic N) is 1. The average molecular weight is 291 g/mol. The summed E-state index contributed by atoms with van der Waals surface area (Å²) in [6.45, 7) is 2.46. The van der Waals surface area contributed by atoms with Crippen LogP contribution < -0.4 is 0 Å². The third-order valence-electron chi connectivity index (χ3n) is 3.24. The van der Waals surface area contributed by atoms with Crippen molar-refractivity contribution in [1.82, 2.24) is 0 Å². The van der Waals surface area contributed by atoms with E-state index in [0.29, 0.717) is 6.54 Å². The fourth-order valence-electron chi connectivity index (χ4n) is 2.06. The molecule has 2 aromatic rings. The lowest BCUT2D eigenvalue weighted by Crippen LogP contribution is -2.08. The molecule has 1 nitrogen and oxygen atoms in total. The molecule has 0 spiro atoms. The van der Waals surface area contributed by atoms with E-state index in [1.54, 1.807) is 6.07 Å². The predicted octanol–water partition coefficient (Wildman–Crippen LogP) is 4.93. The molecule has 0 radical (unpaired) electrons. The van der Waals surface area contributed by atoms with Crippen molar-refractivity contribution in [3.8, 4) is 0 Å². The summed E-state index contributed by atoms with van der Waals surface area (Å²) in [5, 5.41) is 0. The van der Waals surface area contributed by atoms with Gasteiger partial charge in [-0.25, -0.2) is 0 Å². The minimum atomic E-state index is -4.35. The fourth-order valence-corrected chi connectivity index (χ4v) is 2.06. The Bertz CT molecular complexity index is 603. The molecule has 4 heteroatoms. The van der Waals surface area contributed by atoms with Crippen LogP contribution in [0, 0.1) is 0 Å². The molecule has 0 aromatic heterocycles. The number of alkyl halides is 3. The molecule has 1 atom stereocenters. The Hall–Kier alpha value is -2.10. The highest BCUT2D eigenvalue weighted by atomic mass is 19.4. The van der Waals surface area contributed by atoms with Crippen molar-refractivity contribution in [3.63, 3.8) is 0 Å². The normalized spacial score (nSPS) is 13.5. The highest BCUT2D eigenvalue weighted by Crippen LogP contribution is 2.31. The van der Waals surface area contributed by atoms with E-state index in [0.717, 1.165) is 11.6 Å². The maximum absolute atomic E-state index is 12.8. The maximum Gasteiger partial charge on any atom is 0.417 e. The van der Waals surface area contributed by atoms with E-state index in [1.807, 2.05) is 37.3 Å². The number of hydrogen-bond donors (Lipinski definition) is 0. The smallest absolute Gasteiger partial charge is 0.292 e. The molecule has 0 aliphatic carbocycles. The molecule has 0 fully saturated rings. The molecule has 0 unspecified atom stereocenters. The zero-order chi connectivity index (χ0) is 15.3. The van der Waals surface area contributed by atoms with Crippen LogP contribution in [-0.2, 0) is 6.18 Å². The Morgan fingerprint density at radius 2 is 1.62 bits per heavy atom. The molecule has 0 aliphatic heterocycles. The Balaban J connectivity index is 2.09. The van der Waals surface area contributed by atoms with Gasteiger partial charge in [0.15, 0.2) is 0 Å². The van der Waals surface area contributed by atoms with E-state index in [1.165, 1.54) is 18.3 Å². The first-order chi connectivity index (χ1) is 9.98. The highest BCUT2D eigenvalue weighted by molar-refractivity contribution is 5.82. The van der Waals surface area contributed by atoms with Crippen molar-refractivity contribution >= 4 is 6.21 Å². The van der Waals surface area contributed by atoms with E-state index in [9.17, 15) is 13.2 Å². The van der Waals surface area contributed by atoms with Crippen LogP contribution in [-0.4, -0.2) is 12.8 Å². The summed E-state index contributed by atoms with van der Waals surface area (Å²) in [4.78, 5) is 4.17. The van der Waals surface area contributed by atoms with Crippen LogP contribution in [0.15, 0.2) is 59.6 Å². The molecule has 2 aromatic carbocycles. The van der Waals surface area contributed by atoms with Crippen molar-refractivity contribution in [1.29, 1.82) is 0 Å². The number of halogens is 3. The molecule has 0 saturated carbocycles. The molecule has 0 saturated heterocycles. The number of aliphatic imine (C=N–C) groups is 1. The second-order valence-corrected chi connectivity index (χ2v) is 4.89. The Morgan fingerprint density at radius 1 is 1.00 bits per heavy atom. The molecule has 2 rings (SSSR count). The van der Waals surface area contributed by atoms with Crippen molar-refractivity contribution in [2.45, 2.75) is 19.0 Å². The summed E-state index contributed by atoms with van der Waals surface area (Å²) in [5.41, 5.74) is 0.574. The third-order valence-corrected chi connectivity index (χ3v) is 3.24. The first-order valence-electron chi connectivity index (χ1n) is 6.69. The predicted molar refractivity (Wildman–Crippen MR) is 78.8 cm³/mol. The molecular formula is C17H16F3N. The van der Waals surface area contributed by atoms with Crippen molar-refractivity contribution in [3.05, 3.63) is 71.3 Å². The summed E-state index contributed by atoms with van der Waals surface area (Å²) >= 11 is 0. The summed E-state index contributed by atoms with van der Waals surface area (Å²) in [5.74, 6) is 0.167. The van der Waals surface area contributed by atoms with Gasteiger partial charge in [0, 0.05) is 24.2 Å². The van der Waals surface area contributed by atoms with E-state index >= 15 is 0 Å². The van der Waals surface area contributed by atoms with Crippen molar-refractivity contribution < 1.29 is 13.2 Å². The molecule has 0 amide bonds. The minimum absolute atomic E-state index is 0.102.